The number of benzene rings is 1. The highest BCUT2D eigenvalue weighted by atomic mass is 35.5. The molecule has 0 radical (unpaired) electrons. The molecule has 0 spiro atoms. The van der Waals surface area contributed by atoms with E-state index >= 15 is 0 Å². The fourth-order valence-electron chi connectivity index (χ4n) is 1.95. The maximum Gasteiger partial charge on any atom is 0.310 e. The first-order valence-corrected chi connectivity index (χ1v) is 6.46. The molecule has 4 heteroatoms. The second-order valence-electron chi connectivity index (χ2n) is 3.81. The van der Waals surface area contributed by atoms with Crippen LogP contribution >= 0.6 is 11.6 Å². The van der Waals surface area contributed by atoms with Crippen LogP contribution in [0, 0.1) is 11.3 Å². The number of hydrogen-bond acceptors (Lipinski definition) is 3. The van der Waals surface area contributed by atoms with Gasteiger partial charge in [0.15, 0.2) is 0 Å². The van der Waals surface area contributed by atoms with Gasteiger partial charge in [0, 0.05) is 5.88 Å². The molecule has 96 valence electrons. The smallest absolute Gasteiger partial charge is 0.310 e. The Bertz CT molecular complexity index is 477. The van der Waals surface area contributed by atoms with Crippen molar-refractivity contribution in [2.24, 2.45) is 0 Å². The molecule has 3 nitrogen and oxygen atoms in total. The van der Waals surface area contributed by atoms with Crippen LogP contribution in [0.4, 0.5) is 0 Å². The Morgan fingerprint density at radius 2 is 2.11 bits per heavy atom. The third kappa shape index (κ3) is 3.24. The molecule has 0 aliphatic heterocycles. The van der Waals surface area contributed by atoms with Gasteiger partial charge in [0.25, 0.3) is 0 Å². The number of carbonyl (C=O) groups excluding carboxylic acids is 1. The fourth-order valence-corrected chi connectivity index (χ4v) is 2.20. The molecule has 1 aromatic rings. The van der Waals surface area contributed by atoms with Gasteiger partial charge in [-0.25, -0.2) is 0 Å². The zero-order valence-corrected chi connectivity index (χ0v) is 11.4. The van der Waals surface area contributed by atoms with Gasteiger partial charge < -0.3 is 4.74 Å². The van der Waals surface area contributed by atoms with E-state index in [2.05, 4.69) is 6.07 Å². The SMILES string of the molecule is CCOC(=O)Cc1c(CCl)ccc(C#N)c1CC. The van der Waals surface area contributed by atoms with Crippen LogP contribution < -0.4 is 0 Å². The summed E-state index contributed by atoms with van der Waals surface area (Å²) in [6, 6.07) is 5.71. The summed E-state index contributed by atoms with van der Waals surface area (Å²) in [5.41, 5.74) is 3.22. The molecule has 0 aliphatic carbocycles. The topological polar surface area (TPSA) is 50.1 Å². The number of alkyl halides is 1. The van der Waals surface area contributed by atoms with E-state index < -0.39 is 0 Å². The summed E-state index contributed by atoms with van der Waals surface area (Å²) < 4.78 is 4.95. The van der Waals surface area contributed by atoms with Crippen molar-refractivity contribution in [3.63, 3.8) is 0 Å². The Morgan fingerprint density at radius 1 is 1.39 bits per heavy atom. The fraction of sp³-hybridized carbons (Fsp3) is 0.429. The number of ether oxygens (including phenoxy) is 1. The third-order valence-electron chi connectivity index (χ3n) is 2.77. The van der Waals surface area contributed by atoms with Crippen LogP contribution in [0.3, 0.4) is 0 Å². The summed E-state index contributed by atoms with van der Waals surface area (Å²) in [7, 11) is 0. The standard InChI is InChI=1S/C14H16ClNO2/c1-3-12-11(9-16)6-5-10(8-15)13(12)7-14(17)18-4-2/h5-6H,3-4,7-8H2,1-2H3. The highest BCUT2D eigenvalue weighted by molar-refractivity contribution is 6.17. The van der Waals surface area contributed by atoms with Crippen molar-refractivity contribution in [1.82, 2.24) is 0 Å². The van der Waals surface area contributed by atoms with E-state index in [9.17, 15) is 4.79 Å². The summed E-state index contributed by atoms with van der Waals surface area (Å²) in [4.78, 5) is 11.6. The lowest BCUT2D eigenvalue weighted by molar-refractivity contribution is -0.142. The number of hydrogen-bond donors (Lipinski definition) is 0. The Kier molecular flexibility index (Phi) is 5.67. The monoisotopic (exact) mass is 265 g/mol. The summed E-state index contributed by atoms with van der Waals surface area (Å²) >= 11 is 5.88. The van der Waals surface area contributed by atoms with E-state index in [0.29, 0.717) is 24.5 Å². The van der Waals surface area contributed by atoms with Crippen LogP contribution in [0.15, 0.2) is 12.1 Å². The average Bonchev–Trinajstić information content (AvgIpc) is 2.38. The van der Waals surface area contributed by atoms with Crippen molar-refractivity contribution in [2.45, 2.75) is 32.6 Å². The van der Waals surface area contributed by atoms with Gasteiger partial charge >= 0.3 is 5.97 Å². The Hall–Kier alpha value is -1.53. The molecule has 0 fully saturated rings. The predicted molar refractivity (Wildman–Crippen MR) is 70.4 cm³/mol. The van der Waals surface area contributed by atoms with Crippen molar-refractivity contribution in [1.29, 1.82) is 5.26 Å². The van der Waals surface area contributed by atoms with Crippen molar-refractivity contribution in [3.05, 3.63) is 34.4 Å². The van der Waals surface area contributed by atoms with Crippen LogP contribution in [-0.2, 0) is 28.3 Å². The lowest BCUT2D eigenvalue weighted by Crippen LogP contribution is -2.12. The van der Waals surface area contributed by atoms with E-state index in [1.165, 1.54) is 0 Å². The molecule has 0 aromatic heterocycles. The summed E-state index contributed by atoms with van der Waals surface area (Å²) in [6.07, 6.45) is 0.872. The molecular formula is C14H16ClNO2. The largest absolute Gasteiger partial charge is 0.466 e. The molecule has 0 bridgehead atoms. The third-order valence-corrected chi connectivity index (χ3v) is 3.06. The zero-order chi connectivity index (χ0) is 13.5. The number of esters is 1. The second kappa shape index (κ2) is 7.03. The lowest BCUT2D eigenvalue weighted by atomic mass is 9.93. The van der Waals surface area contributed by atoms with E-state index in [0.717, 1.165) is 16.7 Å². The molecule has 0 aliphatic rings. The Balaban J connectivity index is 3.20. The number of nitriles is 1. The number of rotatable bonds is 5. The molecule has 0 saturated carbocycles. The van der Waals surface area contributed by atoms with E-state index in [1.54, 1.807) is 19.1 Å². The summed E-state index contributed by atoms with van der Waals surface area (Å²) in [5, 5.41) is 9.08. The van der Waals surface area contributed by atoms with Gasteiger partial charge in [-0.2, -0.15) is 5.26 Å². The first kappa shape index (κ1) is 14.5. The van der Waals surface area contributed by atoms with Gasteiger partial charge in [0.2, 0.25) is 0 Å². The first-order chi connectivity index (χ1) is 8.67. The van der Waals surface area contributed by atoms with Gasteiger partial charge in [0.05, 0.1) is 24.7 Å². The molecule has 0 amide bonds. The first-order valence-electron chi connectivity index (χ1n) is 5.93. The van der Waals surface area contributed by atoms with E-state index in [-0.39, 0.29) is 12.4 Å². The van der Waals surface area contributed by atoms with Gasteiger partial charge in [-0.05, 0) is 36.1 Å². The predicted octanol–water partition coefficient (Wildman–Crippen LogP) is 2.97. The van der Waals surface area contributed by atoms with Crippen LogP contribution in [0.25, 0.3) is 0 Å². The molecular weight excluding hydrogens is 250 g/mol. The lowest BCUT2D eigenvalue weighted by Gasteiger charge is -2.13. The van der Waals surface area contributed by atoms with Gasteiger partial charge in [-0.1, -0.05) is 13.0 Å². The minimum Gasteiger partial charge on any atom is -0.466 e. The quantitative estimate of drug-likeness (QED) is 0.607. The molecule has 1 rings (SSSR count). The zero-order valence-electron chi connectivity index (χ0n) is 10.6. The average molecular weight is 266 g/mol. The van der Waals surface area contributed by atoms with E-state index in [1.807, 2.05) is 6.92 Å². The number of halogens is 1. The van der Waals surface area contributed by atoms with Crippen molar-refractivity contribution >= 4 is 17.6 Å². The van der Waals surface area contributed by atoms with Crippen LogP contribution in [0.5, 0.6) is 0 Å². The summed E-state index contributed by atoms with van der Waals surface area (Å²) in [5.74, 6) is 0.0432. The summed E-state index contributed by atoms with van der Waals surface area (Å²) in [6.45, 7) is 4.09. The van der Waals surface area contributed by atoms with Crippen LogP contribution in [-0.4, -0.2) is 12.6 Å². The molecule has 0 atom stereocenters. The minimum absolute atomic E-state index is 0.175. The highest BCUT2D eigenvalue weighted by Gasteiger charge is 2.15. The molecule has 18 heavy (non-hydrogen) atoms. The van der Waals surface area contributed by atoms with Gasteiger partial charge in [-0.15, -0.1) is 11.6 Å². The maximum absolute atomic E-state index is 11.6. The molecule has 0 unspecified atom stereocenters. The highest BCUT2D eigenvalue weighted by Crippen LogP contribution is 2.22. The maximum atomic E-state index is 11.6. The van der Waals surface area contributed by atoms with Gasteiger partial charge in [-0.3, -0.25) is 4.79 Å². The Labute approximate surface area is 112 Å². The second-order valence-corrected chi connectivity index (χ2v) is 4.08. The van der Waals surface area contributed by atoms with Crippen molar-refractivity contribution in [2.75, 3.05) is 6.61 Å². The van der Waals surface area contributed by atoms with Gasteiger partial charge in [0.1, 0.15) is 0 Å². The van der Waals surface area contributed by atoms with Crippen molar-refractivity contribution in [3.8, 4) is 6.07 Å². The number of carbonyl (C=O) groups is 1. The normalized spacial score (nSPS) is 9.89. The molecule has 0 saturated heterocycles. The molecule has 0 N–H and O–H groups in total. The minimum atomic E-state index is -0.284. The molecule has 1 aromatic carbocycles. The van der Waals surface area contributed by atoms with Crippen LogP contribution in [0.2, 0.25) is 0 Å². The number of nitrogens with zero attached hydrogens (tertiary/aromatic N) is 1. The molecule has 0 heterocycles. The van der Waals surface area contributed by atoms with Crippen molar-refractivity contribution < 1.29 is 9.53 Å². The van der Waals surface area contributed by atoms with Crippen LogP contribution in [0.1, 0.15) is 36.1 Å². The Morgan fingerprint density at radius 3 is 2.61 bits per heavy atom. The van der Waals surface area contributed by atoms with E-state index in [4.69, 9.17) is 21.6 Å².